The maximum Gasteiger partial charge on any atom is 0.253 e. The molecule has 1 aromatic carbocycles. The number of hydrogen-bond acceptors (Lipinski definition) is 6. The van der Waals surface area contributed by atoms with Crippen LogP contribution in [-0.2, 0) is 5.75 Å². The minimum Gasteiger partial charge on any atom is -0.356 e. The van der Waals surface area contributed by atoms with Crippen molar-refractivity contribution in [2.24, 2.45) is 0 Å². The van der Waals surface area contributed by atoms with Crippen LogP contribution in [-0.4, -0.2) is 24.7 Å². The lowest BCUT2D eigenvalue weighted by molar-refractivity contribution is 0.426. The van der Waals surface area contributed by atoms with Crippen LogP contribution in [0.1, 0.15) is 22.6 Å². The van der Waals surface area contributed by atoms with Crippen molar-refractivity contribution in [3.05, 3.63) is 58.8 Å². The van der Waals surface area contributed by atoms with Crippen LogP contribution in [0.5, 0.6) is 0 Å². The van der Waals surface area contributed by atoms with Gasteiger partial charge in [-0.3, -0.25) is 0 Å². The lowest BCUT2D eigenvalue weighted by Gasteiger charge is -1.98. The Balaban J connectivity index is 1.55. The van der Waals surface area contributed by atoms with Crippen LogP contribution in [0.25, 0.3) is 17.1 Å². The van der Waals surface area contributed by atoms with E-state index in [-0.39, 0.29) is 5.82 Å². The minimum atomic E-state index is -0.279. The van der Waals surface area contributed by atoms with E-state index in [1.165, 1.54) is 23.9 Å². The van der Waals surface area contributed by atoms with Crippen molar-refractivity contribution in [1.29, 1.82) is 0 Å². The monoisotopic (exact) mass is 369 g/mol. The average molecular weight is 369 g/mol. The highest BCUT2D eigenvalue weighted by molar-refractivity contribution is 7.98. The number of rotatable bonds is 4. The molecule has 0 spiro atoms. The van der Waals surface area contributed by atoms with Crippen LogP contribution in [0.4, 0.5) is 4.39 Å². The molecule has 0 saturated heterocycles. The van der Waals surface area contributed by atoms with Crippen LogP contribution >= 0.6 is 11.8 Å². The summed E-state index contributed by atoms with van der Waals surface area (Å²) >= 11 is 1.47. The largest absolute Gasteiger partial charge is 0.356 e. The molecule has 0 radical (unpaired) electrons. The molecule has 0 aliphatic heterocycles. The van der Waals surface area contributed by atoms with Gasteiger partial charge in [0.1, 0.15) is 5.82 Å². The molecule has 0 aliphatic rings. The summed E-state index contributed by atoms with van der Waals surface area (Å²) < 4.78 is 20.3. The van der Waals surface area contributed by atoms with Crippen LogP contribution in [0.15, 0.2) is 40.0 Å². The smallest absolute Gasteiger partial charge is 0.253 e. The van der Waals surface area contributed by atoms with E-state index in [2.05, 4.69) is 20.2 Å². The Kier molecular flexibility index (Phi) is 4.20. The maximum atomic E-state index is 13.1. The van der Waals surface area contributed by atoms with Crippen LogP contribution in [0.3, 0.4) is 0 Å². The van der Waals surface area contributed by atoms with E-state index in [1.807, 2.05) is 26.8 Å². The molecule has 8 heteroatoms. The predicted octanol–water partition coefficient (Wildman–Crippen LogP) is 4.14. The Morgan fingerprint density at radius 2 is 1.88 bits per heavy atom. The zero-order valence-corrected chi connectivity index (χ0v) is 15.3. The van der Waals surface area contributed by atoms with Crippen molar-refractivity contribution in [1.82, 2.24) is 24.7 Å². The molecule has 0 amide bonds. The summed E-state index contributed by atoms with van der Waals surface area (Å²) in [5.74, 6) is 1.54. The van der Waals surface area contributed by atoms with Crippen molar-refractivity contribution in [3.63, 3.8) is 0 Å². The van der Waals surface area contributed by atoms with E-state index in [1.54, 1.807) is 16.6 Å². The molecule has 3 heterocycles. The van der Waals surface area contributed by atoms with Gasteiger partial charge in [0.25, 0.3) is 5.78 Å². The van der Waals surface area contributed by atoms with Crippen LogP contribution in [0, 0.1) is 26.6 Å². The first-order chi connectivity index (χ1) is 12.5. The molecule has 0 fully saturated rings. The van der Waals surface area contributed by atoms with Crippen LogP contribution in [0.2, 0.25) is 0 Å². The van der Waals surface area contributed by atoms with Gasteiger partial charge in [-0.05, 0) is 51.1 Å². The number of hydrogen-bond donors (Lipinski definition) is 0. The second-order valence-electron chi connectivity index (χ2n) is 6.02. The summed E-state index contributed by atoms with van der Waals surface area (Å²) in [4.78, 5) is 8.85. The average Bonchev–Trinajstić information content (AvgIpc) is 3.17. The third-order valence-electron chi connectivity index (χ3n) is 4.06. The molecule has 0 saturated carbocycles. The Morgan fingerprint density at radius 1 is 1.12 bits per heavy atom. The molecule has 0 N–H and O–H groups in total. The molecular weight excluding hydrogens is 353 g/mol. The van der Waals surface area contributed by atoms with Gasteiger partial charge in [0.15, 0.2) is 5.76 Å². The summed E-state index contributed by atoms with van der Waals surface area (Å²) in [5.41, 5.74) is 4.44. The topological polar surface area (TPSA) is 69.1 Å². The fraction of sp³-hybridized carbons (Fsp3) is 0.222. The highest BCUT2D eigenvalue weighted by Gasteiger charge is 2.16. The number of halogens is 1. The SMILES string of the molecule is Cc1cc(C)n2nc(SCc3noc(-c4ccc(F)cc4)c3C)nc2n1. The van der Waals surface area contributed by atoms with Gasteiger partial charge < -0.3 is 4.52 Å². The lowest BCUT2D eigenvalue weighted by Crippen LogP contribution is -1.97. The van der Waals surface area contributed by atoms with Gasteiger partial charge in [-0.25, -0.2) is 13.9 Å². The lowest BCUT2D eigenvalue weighted by atomic mass is 10.1. The Labute approximate surface area is 153 Å². The second kappa shape index (κ2) is 6.53. The Morgan fingerprint density at radius 3 is 2.65 bits per heavy atom. The van der Waals surface area contributed by atoms with Gasteiger partial charge in [0, 0.05) is 28.3 Å². The third kappa shape index (κ3) is 3.08. The summed E-state index contributed by atoms with van der Waals surface area (Å²) in [6.45, 7) is 5.85. The Hall–Kier alpha value is -2.74. The van der Waals surface area contributed by atoms with E-state index in [0.29, 0.717) is 22.4 Å². The number of aryl methyl sites for hydroxylation is 2. The number of aromatic nitrogens is 5. The van der Waals surface area contributed by atoms with Crippen LogP contribution < -0.4 is 0 Å². The minimum absolute atomic E-state index is 0.279. The van der Waals surface area contributed by atoms with Crippen molar-refractivity contribution < 1.29 is 8.91 Å². The van der Waals surface area contributed by atoms with E-state index in [9.17, 15) is 4.39 Å². The van der Waals surface area contributed by atoms with Gasteiger partial charge >= 0.3 is 0 Å². The molecule has 0 unspecified atom stereocenters. The summed E-state index contributed by atoms with van der Waals surface area (Å²) in [7, 11) is 0. The highest BCUT2D eigenvalue weighted by atomic mass is 32.2. The standard InChI is InChI=1S/C18H16FN5OS/c1-10-8-11(2)24-17(20-10)21-18(22-24)26-9-15-12(3)16(25-23-15)13-4-6-14(19)7-5-13/h4-8H,9H2,1-3H3. The van der Waals surface area contributed by atoms with E-state index < -0.39 is 0 Å². The first kappa shape index (κ1) is 16.7. The number of fused-ring (bicyclic) bond motifs is 1. The normalized spacial score (nSPS) is 11.4. The first-order valence-electron chi connectivity index (χ1n) is 8.06. The van der Waals surface area contributed by atoms with Gasteiger partial charge in [0.2, 0.25) is 5.16 Å². The number of benzene rings is 1. The van der Waals surface area contributed by atoms with Crippen molar-refractivity contribution in [2.45, 2.75) is 31.7 Å². The highest BCUT2D eigenvalue weighted by Crippen LogP contribution is 2.29. The van der Waals surface area contributed by atoms with E-state index >= 15 is 0 Å². The van der Waals surface area contributed by atoms with E-state index in [0.717, 1.165) is 28.2 Å². The fourth-order valence-electron chi connectivity index (χ4n) is 2.72. The molecule has 0 aliphatic carbocycles. The third-order valence-corrected chi connectivity index (χ3v) is 4.91. The molecule has 4 aromatic rings. The van der Waals surface area contributed by atoms with Crippen molar-refractivity contribution >= 4 is 17.5 Å². The summed E-state index contributed by atoms with van der Waals surface area (Å²) in [6.07, 6.45) is 0. The molecule has 26 heavy (non-hydrogen) atoms. The molecular formula is C18H16FN5OS. The quantitative estimate of drug-likeness (QED) is 0.504. The molecule has 4 rings (SSSR count). The number of thioether (sulfide) groups is 1. The maximum absolute atomic E-state index is 13.1. The predicted molar refractivity (Wildman–Crippen MR) is 96.5 cm³/mol. The van der Waals surface area contributed by atoms with Gasteiger partial charge in [-0.15, -0.1) is 5.10 Å². The van der Waals surface area contributed by atoms with Crippen molar-refractivity contribution in [2.75, 3.05) is 0 Å². The first-order valence-corrected chi connectivity index (χ1v) is 9.05. The molecule has 132 valence electrons. The zero-order valence-electron chi connectivity index (χ0n) is 14.5. The summed E-state index contributed by atoms with van der Waals surface area (Å²) in [5, 5.41) is 9.26. The van der Waals surface area contributed by atoms with Crippen molar-refractivity contribution in [3.8, 4) is 11.3 Å². The van der Waals surface area contributed by atoms with Gasteiger partial charge in [0.05, 0.1) is 5.69 Å². The molecule has 0 atom stereocenters. The van der Waals surface area contributed by atoms with E-state index in [4.69, 9.17) is 4.52 Å². The molecule has 6 nitrogen and oxygen atoms in total. The van der Waals surface area contributed by atoms with Gasteiger partial charge in [-0.1, -0.05) is 16.9 Å². The van der Waals surface area contributed by atoms with Gasteiger partial charge in [-0.2, -0.15) is 4.98 Å². The second-order valence-corrected chi connectivity index (χ2v) is 6.97. The molecule has 0 bridgehead atoms. The Bertz CT molecular complexity index is 1090. The molecule has 3 aromatic heterocycles. The fourth-order valence-corrected chi connectivity index (χ4v) is 3.54. The number of nitrogens with zero attached hydrogens (tertiary/aromatic N) is 5. The summed E-state index contributed by atoms with van der Waals surface area (Å²) in [6, 6.07) is 8.14. The zero-order chi connectivity index (χ0) is 18.3.